The van der Waals surface area contributed by atoms with Gasteiger partial charge in [0.1, 0.15) is 12.9 Å². The number of aryl methyl sites for hydroxylation is 1. The van der Waals surface area contributed by atoms with Crippen LogP contribution >= 0.6 is 0 Å². The molecule has 0 saturated carbocycles. The lowest BCUT2D eigenvalue weighted by Crippen LogP contribution is -2.07. The first-order valence-electron chi connectivity index (χ1n) is 5.58. The van der Waals surface area contributed by atoms with Crippen LogP contribution in [0.15, 0.2) is 24.5 Å². The van der Waals surface area contributed by atoms with E-state index in [0.29, 0.717) is 5.82 Å². The van der Waals surface area contributed by atoms with Gasteiger partial charge in [0, 0.05) is 13.1 Å². The maximum absolute atomic E-state index is 13.7. The van der Waals surface area contributed by atoms with Crippen molar-refractivity contribution in [1.29, 1.82) is 0 Å². The third kappa shape index (κ3) is 2.65. The molecular weight excluding hydrogens is 235 g/mol. The summed E-state index contributed by atoms with van der Waals surface area (Å²) in [6.07, 6.45) is 1.56. The highest BCUT2D eigenvalue weighted by Gasteiger charge is 2.09. The fourth-order valence-corrected chi connectivity index (χ4v) is 1.50. The minimum absolute atomic E-state index is 0.172. The Labute approximate surface area is 104 Å². The molecular formula is C12H15FN4O. The predicted octanol–water partition coefficient (Wildman–Crippen LogP) is 1.55. The molecule has 0 fully saturated rings. The zero-order valence-electron chi connectivity index (χ0n) is 10.3. The van der Waals surface area contributed by atoms with Crippen LogP contribution in [0.3, 0.4) is 0 Å². The summed E-state index contributed by atoms with van der Waals surface area (Å²) in [6, 6.07) is 4.51. The second-order valence-corrected chi connectivity index (χ2v) is 4.13. The number of hydrogen-bond donors (Lipinski definition) is 1. The Morgan fingerprint density at radius 3 is 2.83 bits per heavy atom. The number of hydrogen-bond acceptors (Lipinski definition) is 4. The Morgan fingerprint density at radius 1 is 1.50 bits per heavy atom. The highest BCUT2D eigenvalue weighted by molar-refractivity contribution is 5.30. The molecule has 2 N–H and O–H groups in total. The summed E-state index contributed by atoms with van der Waals surface area (Å²) in [6.45, 7) is 1.97. The lowest BCUT2D eigenvalue weighted by molar-refractivity contribution is 0.276. The molecule has 1 heterocycles. The minimum atomic E-state index is -0.424. The van der Waals surface area contributed by atoms with Gasteiger partial charge in [0.15, 0.2) is 17.4 Å². The molecule has 0 unspecified atom stereocenters. The van der Waals surface area contributed by atoms with Crippen molar-refractivity contribution in [1.82, 2.24) is 14.8 Å². The minimum Gasteiger partial charge on any atom is -0.483 e. The van der Waals surface area contributed by atoms with Crippen molar-refractivity contribution in [3.8, 4) is 5.75 Å². The average molecular weight is 250 g/mol. The van der Waals surface area contributed by atoms with Gasteiger partial charge in [-0.05, 0) is 24.6 Å². The largest absolute Gasteiger partial charge is 0.483 e. The monoisotopic (exact) mass is 250 g/mol. The van der Waals surface area contributed by atoms with Crippen molar-refractivity contribution < 1.29 is 9.13 Å². The van der Waals surface area contributed by atoms with Crippen molar-refractivity contribution >= 4 is 0 Å². The van der Waals surface area contributed by atoms with Crippen LogP contribution in [0.5, 0.6) is 5.75 Å². The Kier molecular flexibility index (Phi) is 3.57. The maximum Gasteiger partial charge on any atom is 0.170 e. The zero-order chi connectivity index (χ0) is 13.1. The first kappa shape index (κ1) is 12.5. The Balaban J connectivity index is 2.08. The summed E-state index contributed by atoms with van der Waals surface area (Å²) in [4.78, 5) is 0. The molecule has 2 rings (SSSR count). The molecule has 0 amide bonds. The summed E-state index contributed by atoms with van der Waals surface area (Å²) in [5, 5.41) is 7.57. The summed E-state index contributed by atoms with van der Waals surface area (Å²) >= 11 is 0. The van der Waals surface area contributed by atoms with E-state index in [9.17, 15) is 4.39 Å². The highest BCUT2D eigenvalue weighted by Crippen LogP contribution is 2.21. The second kappa shape index (κ2) is 5.14. The van der Waals surface area contributed by atoms with Gasteiger partial charge in [-0.15, -0.1) is 10.2 Å². The van der Waals surface area contributed by atoms with Crippen LogP contribution < -0.4 is 10.5 Å². The molecule has 0 spiro atoms. The molecule has 0 saturated heterocycles. The molecule has 18 heavy (non-hydrogen) atoms. The van der Waals surface area contributed by atoms with Crippen molar-refractivity contribution in [2.45, 2.75) is 19.6 Å². The molecule has 0 aliphatic carbocycles. The van der Waals surface area contributed by atoms with E-state index in [2.05, 4.69) is 10.2 Å². The third-order valence-electron chi connectivity index (χ3n) is 2.64. The third-order valence-corrected chi connectivity index (χ3v) is 2.64. The standard InChI is InChI=1S/C12H15FN4O/c1-8(14)9-3-4-11(10(13)5-9)18-6-12-16-15-7-17(12)2/h3-5,7-8H,6,14H2,1-2H3/t8-/m1/s1. The molecule has 0 bridgehead atoms. The van der Waals surface area contributed by atoms with Crippen LogP contribution in [0.25, 0.3) is 0 Å². The average Bonchev–Trinajstić information content (AvgIpc) is 2.73. The van der Waals surface area contributed by atoms with Gasteiger partial charge in [0.25, 0.3) is 0 Å². The Bertz CT molecular complexity index is 539. The molecule has 6 heteroatoms. The molecule has 1 aromatic carbocycles. The first-order chi connectivity index (χ1) is 8.58. The van der Waals surface area contributed by atoms with Crippen LogP contribution in [0.2, 0.25) is 0 Å². The molecule has 0 radical (unpaired) electrons. The smallest absolute Gasteiger partial charge is 0.170 e. The van der Waals surface area contributed by atoms with Gasteiger partial charge in [-0.25, -0.2) is 4.39 Å². The van der Waals surface area contributed by atoms with E-state index in [4.69, 9.17) is 10.5 Å². The van der Waals surface area contributed by atoms with E-state index < -0.39 is 5.82 Å². The number of benzene rings is 1. The highest BCUT2D eigenvalue weighted by atomic mass is 19.1. The van der Waals surface area contributed by atoms with E-state index in [1.165, 1.54) is 6.07 Å². The van der Waals surface area contributed by atoms with Crippen molar-refractivity contribution in [2.75, 3.05) is 0 Å². The predicted molar refractivity (Wildman–Crippen MR) is 64.3 cm³/mol. The fourth-order valence-electron chi connectivity index (χ4n) is 1.50. The molecule has 0 aliphatic rings. The fraction of sp³-hybridized carbons (Fsp3) is 0.333. The number of ether oxygens (including phenoxy) is 1. The molecule has 0 aliphatic heterocycles. The maximum atomic E-state index is 13.7. The molecule has 96 valence electrons. The van der Waals surface area contributed by atoms with Gasteiger partial charge in [-0.3, -0.25) is 0 Å². The van der Waals surface area contributed by atoms with Crippen molar-refractivity contribution in [3.63, 3.8) is 0 Å². The van der Waals surface area contributed by atoms with Gasteiger partial charge in [0.05, 0.1) is 0 Å². The van der Waals surface area contributed by atoms with E-state index in [0.717, 1.165) is 5.56 Å². The van der Waals surface area contributed by atoms with Gasteiger partial charge < -0.3 is 15.0 Å². The Morgan fingerprint density at radius 2 is 2.28 bits per heavy atom. The lowest BCUT2D eigenvalue weighted by atomic mass is 10.1. The van der Waals surface area contributed by atoms with Gasteiger partial charge >= 0.3 is 0 Å². The first-order valence-corrected chi connectivity index (χ1v) is 5.58. The summed E-state index contributed by atoms with van der Waals surface area (Å²) in [5.41, 5.74) is 6.41. The number of aromatic nitrogens is 3. The SMILES string of the molecule is C[C@@H](N)c1ccc(OCc2nncn2C)c(F)c1. The molecule has 2 aromatic rings. The lowest BCUT2D eigenvalue weighted by Gasteiger charge is -2.10. The van der Waals surface area contributed by atoms with E-state index in [-0.39, 0.29) is 18.4 Å². The van der Waals surface area contributed by atoms with Crippen LogP contribution in [0, 0.1) is 5.82 Å². The van der Waals surface area contributed by atoms with Crippen LogP contribution in [0.1, 0.15) is 24.4 Å². The van der Waals surface area contributed by atoms with E-state index in [1.54, 1.807) is 37.0 Å². The Hall–Kier alpha value is -1.95. The summed E-state index contributed by atoms with van der Waals surface area (Å²) < 4.78 is 20.8. The molecule has 5 nitrogen and oxygen atoms in total. The van der Waals surface area contributed by atoms with Gasteiger partial charge in [-0.2, -0.15) is 0 Å². The van der Waals surface area contributed by atoms with Gasteiger partial charge in [0.2, 0.25) is 0 Å². The van der Waals surface area contributed by atoms with Crippen molar-refractivity contribution in [3.05, 3.63) is 41.7 Å². The van der Waals surface area contributed by atoms with Crippen LogP contribution in [-0.2, 0) is 13.7 Å². The van der Waals surface area contributed by atoms with Crippen molar-refractivity contribution in [2.24, 2.45) is 12.8 Å². The van der Waals surface area contributed by atoms with E-state index in [1.807, 2.05) is 0 Å². The number of rotatable bonds is 4. The van der Waals surface area contributed by atoms with Crippen LogP contribution in [-0.4, -0.2) is 14.8 Å². The number of nitrogens with zero attached hydrogens (tertiary/aromatic N) is 3. The second-order valence-electron chi connectivity index (χ2n) is 4.13. The zero-order valence-corrected chi connectivity index (χ0v) is 10.3. The summed E-state index contributed by atoms with van der Waals surface area (Å²) in [5.74, 6) is 0.389. The quantitative estimate of drug-likeness (QED) is 0.894. The van der Waals surface area contributed by atoms with Crippen LogP contribution in [0.4, 0.5) is 4.39 Å². The normalized spacial score (nSPS) is 12.4. The molecule has 1 aromatic heterocycles. The number of halogens is 1. The molecule has 1 atom stereocenters. The summed E-state index contributed by atoms with van der Waals surface area (Å²) in [7, 11) is 1.80. The topological polar surface area (TPSA) is 66.0 Å². The van der Waals surface area contributed by atoms with Gasteiger partial charge in [-0.1, -0.05) is 6.07 Å². The van der Waals surface area contributed by atoms with E-state index >= 15 is 0 Å². The number of nitrogens with two attached hydrogens (primary N) is 1.